The lowest BCUT2D eigenvalue weighted by Crippen LogP contribution is -1.96. The molecule has 0 spiro atoms. The first kappa shape index (κ1) is 7.84. The standard InChI is InChI=1S/C10H18/c1-9-5-3-4-6-10(2)8-7-9/h7,10H,3-6,8H2,1-2H3/b9-7-. The summed E-state index contributed by atoms with van der Waals surface area (Å²) in [5.74, 6) is 0.926. The summed E-state index contributed by atoms with van der Waals surface area (Å²) < 4.78 is 0. The lowest BCUT2D eigenvalue weighted by Gasteiger charge is -2.12. The van der Waals surface area contributed by atoms with Crippen LogP contribution in [0, 0.1) is 5.92 Å². The molecule has 0 nitrogen and oxygen atoms in total. The summed E-state index contributed by atoms with van der Waals surface area (Å²) in [6.07, 6.45) is 9.35. The van der Waals surface area contributed by atoms with Crippen LogP contribution in [0.3, 0.4) is 0 Å². The van der Waals surface area contributed by atoms with E-state index in [4.69, 9.17) is 0 Å². The zero-order valence-electron chi connectivity index (χ0n) is 7.19. The Bertz CT molecular complexity index is 122. The Hall–Kier alpha value is -0.260. The summed E-state index contributed by atoms with van der Waals surface area (Å²) in [5, 5.41) is 0. The molecule has 0 fully saturated rings. The zero-order valence-corrected chi connectivity index (χ0v) is 7.19. The Balaban J connectivity index is 2.42. The summed E-state index contributed by atoms with van der Waals surface area (Å²) >= 11 is 0. The third-order valence-corrected chi connectivity index (χ3v) is 2.39. The third kappa shape index (κ3) is 2.55. The van der Waals surface area contributed by atoms with Crippen LogP contribution < -0.4 is 0 Å². The molecule has 1 atom stereocenters. The fourth-order valence-electron chi connectivity index (χ4n) is 1.52. The molecule has 0 heterocycles. The van der Waals surface area contributed by atoms with E-state index in [1.54, 1.807) is 5.57 Å². The maximum Gasteiger partial charge on any atom is -0.0322 e. The summed E-state index contributed by atoms with van der Waals surface area (Å²) in [4.78, 5) is 0. The first-order valence-electron chi connectivity index (χ1n) is 4.44. The van der Waals surface area contributed by atoms with E-state index >= 15 is 0 Å². The van der Waals surface area contributed by atoms with Crippen molar-refractivity contribution in [3.63, 3.8) is 0 Å². The number of hydrogen-bond acceptors (Lipinski definition) is 0. The van der Waals surface area contributed by atoms with Gasteiger partial charge in [0.2, 0.25) is 0 Å². The van der Waals surface area contributed by atoms with Gasteiger partial charge in [-0.2, -0.15) is 0 Å². The van der Waals surface area contributed by atoms with Crippen LogP contribution in [0.2, 0.25) is 0 Å². The Morgan fingerprint density at radius 3 is 3.00 bits per heavy atom. The van der Waals surface area contributed by atoms with E-state index in [9.17, 15) is 0 Å². The average molecular weight is 138 g/mol. The largest absolute Gasteiger partial charge is 0.0853 e. The van der Waals surface area contributed by atoms with Crippen molar-refractivity contribution in [2.45, 2.75) is 46.0 Å². The Morgan fingerprint density at radius 1 is 1.40 bits per heavy atom. The predicted octanol–water partition coefficient (Wildman–Crippen LogP) is 3.53. The fraction of sp³-hybridized carbons (Fsp3) is 0.800. The molecule has 58 valence electrons. The van der Waals surface area contributed by atoms with Crippen LogP contribution in [-0.2, 0) is 0 Å². The van der Waals surface area contributed by atoms with Gasteiger partial charge in [-0.25, -0.2) is 0 Å². The summed E-state index contributed by atoms with van der Waals surface area (Å²) in [6.45, 7) is 4.62. The van der Waals surface area contributed by atoms with Crippen molar-refractivity contribution in [2.24, 2.45) is 5.92 Å². The molecular formula is C10H18. The van der Waals surface area contributed by atoms with Crippen molar-refractivity contribution in [2.75, 3.05) is 0 Å². The number of rotatable bonds is 0. The van der Waals surface area contributed by atoms with Crippen molar-refractivity contribution in [3.8, 4) is 0 Å². The molecule has 10 heavy (non-hydrogen) atoms. The van der Waals surface area contributed by atoms with Crippen LogP contribution in [0.15, 0.2) is 11.6 Å². The van der Waals surface area contributed by atoms with Gasteiger partial charge in [-0.05, 0) is 32.1 Å². The molecule has 0 aromatic carbocycles. The molecule has 0 aromatic rings. The molecule has 0 radical (unpaired) electrons. The van der Waals surface area contributed by atoms with Crippen LogP contribution in [0.4, 0.5) is 0 Å². The van der Waals surface area contributed by atoms with E-state index in [-0.39, 0.29) is 0 Å². The van der Waals surface area contributed by atoms with E-state index in [0.717, 1.165) is 5.92 Å². The van der Waals surface area contributed by atoms with Gasteiger partial charge in [-0.1, -0.05) is 31.4 Å². The number of hydrogen-bond donors (Lipinski definition) is 0. The van der Waals surface area contributed by atoms with Crippen molar-refractivity contribution in [3.05, 3.63) is 11.6 Å². The lowest BCUT2D eigenvalue weighted by atomic mass is 9.94. The molecule has 0 bridgehead atoms. The van der Waals surface area contributed by atoms with Gasteiger partial charge >= 0.3 is 0 Å². The smallest absolute Gasteiger partial charge is 0.0322 e. The van der Waals surface area contributed by atoms with Gasteiger partial charge in [0.15, 0.2) is 0 Å². The molecule has 0 aromatic heterocycles. The molecule has 0 saturated carbocycles. The first-order valence-corrected chi connectivity index (χ1v) is 4.44. The second kappa shape index (κ2) is 3.80. The maximum atomic E-state index is 2.42. The SMILES string of the molecule is C/C1=C/CC(C)CCCC1. The third-order valence-electron chi connectivity index (χ3n) is 2.39. The molecule has 1 unspecified atom stereocenters. The first-order chi connectivity index (χ1) is 4.79. The molecule has 0 saturated heterocycles. The monoisotopic (exact) mass is 138 g/mol. The van der Waals surface area contributed by atoms with Crippen molar-refractivity contribution in [1.29, 1.82) is 0 Å². The summed E-state index contributed by atoms with van der Waals surface area (Å²) in [5.41, 5.74) is 1.60. The van der Waals surface area contributed by atoms with Crippen LogP contribution in [0.5, 0.6) is 0 Å². The molecule has 1 aliphatic rings. The van der Waals surface area contributed by atoms with Crippen LogP contribution in [-0.4, -0.2) is 0 Å². The average Bonchev–Trinajstić information content (AvgIpc) is 1.90. The highest BCUT2D eigenvalue weighted by molar-refractivity contribution is 4.99. The van der Waals surface area contributed by atoms with Crippen molar-refractivity contribution >= 4 is 0 Å². The van der Waals surface area contributed by atoms with Crippen LogP contribution >= 0.6 is 0 Å². The van der Waals surface area contributed by atoms with Gasteiger partial charge in [0.25, 0.3) is 0 Å². The van der Waals surface area contributed by atoms with Gasteiger partial charge < -0.3 is 0 Å². The van der Waals surface area contributed by atoms with Crippen molar-refractivity contribution in [1.82, 2.24) is 0 Å². The van der Waals surface area contributed by atoms with Gasteiger partial charge in [-0.3, -0.25) is 0 Å². The maximum absolute atomic E-state index is 2.42. The Kier molecular flexibility index (Phi) is 2.98. The summed E-state index contributed by atoms with van der Waals surface area (Å²) in [6, 6.07) is 0. The van der Waals surface area contributed by atoms with E-state index in [2.05, 4.69) is 19.9 Å². The van der Waals surface area contributed by atoms with E-state index in [1.807, 2.05) is 0 Å². The molecule has 0 amide bonds. The van der Waals surface area contributed by atoms with E-state index in [1.165, 1.54) is 32.1 Å². The minimum Gasteiger partial charge on any atom is -0.0853 e. The molecule has 0 aliphatic heterocycles. The minimum atomic E-state index is 0.926. The molecule has 1 rings (SSSR count). The van der Waals surface area contributed by atoms with E-state index < -0.39 is 0 Å². The van der Waals surface area contributed by atoms with Gasteiger partial charge in [0.05, 0.1) is 0 Å². The normalized spacial score (nSPS) is 33.8. The van der Waals surface area contributed by atoms with Crippen molar-refractivity contribution < 1.29 is 0 Å². The molecule has 0 N–H and O–H groups in total. The lowest BCUT2D eigenvalue weighted by molar-refractivity contribution is 0.490. The quantitative estimate of drug-likeness (QED) is 0.449. The second-order valence-corrected chi connectivity index (χ2v) is 3.64. The van der Waals surface area contributed by atoms with Crippen LogP contribution in [0.25, 0.3) is 0 Å². The molecule has 1 aliphatic carbocycles. The predicted molar refractivity (Wildman–Crippen MR) is 46.0 cm³/mol. The van der Waals surface area contributed by atoms with Gasteiger partial charge in [0, 0.05) is 0 Å². The highest BCUT2D eigenvalue weighted by Gasteiger charge is 2.03. The molecule has 0 heteroatoms. The fourth-order valence-corrected chi connectivity index (χ4v) is 1.52. The second-order valence-electron chi connectivity index (χ2n) is 3.64. The van der Waals surface area contributed by atoms with Crippen LogP contribution in [0.1, 0.15) is 46.0 Å². The topological polar surface area (TPSA) is 0 Å². The van der Waals surface area contributed by atoms with E-state index in [0.29, 0.717) is 0 Å². The molecular weight excluding hydrogens is 120 g/mol. The Labute approximate surface area is 64.3 Å². The summed E-state index contributed by atoms with van der Waals surface area (Å²) in [7, 11) is 0. The minimum absolute atomic E-state index is 0.926. The van der Waals surface area contributed by atoms with Gasteiger partial charge in [0.1, 0.15) is 0 Å². The Morgan fingerprint density at radius 2 is 2.20 bits per heavy atom. The zero-order chi connectivity index (χ0) is 7.40. The highest BCUT2D eigenvalue weighted by Crippen LogP contribution is 2.20. The highest BCUT2D eigenvalue weighted by atomic mass is 14.1. The number of allylic oxidation sites excluding steroid dienone is 2. The van der Waals surface area contributed by atoms with Gasteiger partial charge in [-0.15, -0.1) is 0 Å².